The number of benzene rings is 1. The van der Waals surface area contributed by atoms with Crippen molar-refractivity contribution >= 4 is 17.2 Å². The number of nitrogens with zero attached hydrogens (tertiary/aromatic N) is 3. The third-order valence-electron chi connectivity index (χ3n) is 5.06. The van der Waals surface area contributed by atoms with Crippen molar-refractivity contribution in [2.24, 2.45) is 0 Å². The second-order valence-electron chi connectivity index (χ2n) is 6.70. The van der Waals surface area contributed by atoms with E-state index in [1.807, 2.05) is 12.3 Å². The summed E-state index contributed by atoms with van der Waals surface area (Å²) in [5.41, 5.74) is 1.92. The maximum atomic E-state index is 6.05. The topological polar surface area (TPSA) is 19.4 Å². The first-order chi connectivity index (χ1) is 12.2. The second kappa shape index (κ2) is 8.07. The average Bonchev–Trinajstić information content (AvgIpc) is 2.68. The van der Waals surface area contributed by atoms with Crippen LogP contribution >= 0.6 is 12.2 Å². The molecule has 0 radical (unpaired) electrons. The van der Waals surface area contributed by atoms with Gasteiger partial charge < -0.3 is 4.90 Å². The third kappa shape index (κ3) is 3.46. The minimum atomic E-state index is -0.361. The van der Waals surface area contributed by atoms with Gasteiger partial charge in [-0.1, -0.05) is 62.0 Å². The van der Waals surface area contributed by atoms with Crippen LogP contribution in [-0.4, -0.2) is 46.1 Å². The summed E-state index contributed by atoms with van der Waals surface area (Å²) in [6.07, 6.45) is 4.29. The maximum Gasteiger partial charge on any atom is 0.100 e. The molecule has 25 heavy (non-hydrogen) atoms. The Kier molecular flexibility index (Phi) is 5.82. The average molecular weight is 354 g/mol. The molecule has 1 saturated heterocycles. The molecule has 0 spiro atoms. The van der Waals surface area contributed by atoms with E-state index in [1.54, 1.807) is 0 Å². The molecule has 1 fully saturated rings. The van der Waals surface area contributed by atoms with E-state index in [0.717, 1.165) is 37.0 Å². The zero-order valence-corrected chi connectivity index (χ0v) is 16.0. The molecule has 0 N–H and O–H groups in total. The number of likely N-dealkylation sites (N-methyl/N-ethyl adjacent to an activating group) is 1. The van der Waals surface area contributed by atoms with Crippen molar-refractivity contribution in [1.82, 2.24) is 14.8 Å². The van der Waals surface area contributed by atoms with E-state index in [-0.39, 0.29) is 5.41 Å². The highest BCUT2D eigenvalue weighted by Gasteiger charge is 2.46. The predicted octanol–water partition coefficient (Wildman–Crippen LogP) is 4.09. The Balaban J connectivity index is 2.12. The van der Waals surface area contributed by atoms with Crippen LogP contribution in [0.25, 0.3) is 0 Å². The van der Waals surface area contributed by atoms with Crippen LogP contribution in [0.2, 0.25) is 0 Å². The highest BCUT2D eigenvalue weighted by atomic mass is 32.1. The summed E-state index contributed by atoms with van der Waals surface area (Å²) in [6, 6.07) is 16.8. The molecular formula is C21H27N3S. The highest BCUT2D eigenvalue weighted by Crippen LogP contribution is 2.38. The van der Waals surface area contributed by atoms with E-state index >= 15 is 0 Å². The molecule has 1 aromatic heterocycles. The van der Waals surface area contributed by atoms with Gasteiger partial charge in [-0.2, -0.15) is 0 Å². The molecular weight excluding hydrogens is 326 g/mol. The molecule has 1 unspecified atom stereocenters. The van der Waals surface area contributed by atoms with Crippen molar-refractivity contribution in [2.45, 2.75) is 32.1 Å². The molecule has 3 nitrogen and oxygen atoms in total. The number of thiocarbonyl (C=S) groups is 1. The fourth-order valence-electron chi connectivity index (χ4n) is 3.69. The van der Waals surface area contributed by atoms with Crippen LogP contribution in [0.1, 0.15) is 37.9 Å². The summed E-state index contributed by atoms with van der Waals surface area (Å²) in [6.45, 7) is 8.25. The molecule has 132 valence electrons. The number of aromatic nitrogens is 1. The Hall–Kier alpha value is -1.78. The van der Waals surface area contributed by atoms with Crippen LogP contribution in [0.15, 0.2) is 54.7 Å². The van der Waals surface area contributed by atoms with Gasteiger partial charge in [0.05, 0.1) is 17.4 Å². The number of hydrogen-bond donors (Lipinski definition) is 0. The van der Waals surface area contributed by atoms with Crippen molar-refractivity contribution in [2.75, 3.05) is 26.3 Å². The molecule has 1 aliphatic heterocycles. The summed E-state index contributed by atoms with van der Waals surface area (Å²) >= 11 is 6.05. The summed E-state index contributed by atoms with van der Waals surface area (Å²) in [4.78, 5) is 10.6. The van der Waals surface area contributed by atoms with E-state index in [1.165, 1.54) is 18.4 Å². The van der Waals surface area contributed by atoms with Gasteiger partial charge in [-0.3, -0.25) is 9.88 Å². The third-order valence-corrected chi connectivity index (χ3v) is 5.67. The Labute approximate surface area is 156 Å². The second-order valence-corrected chi connectivity index (χ2v) is 7.08. The lowest BCUT2D eigenvalue weighted by Gasteiger charge is -2.49. The molecule has 1 atom stereocenters. The van der Waals surface area contributed by atoms with Crippen LogP contribution in [0.4, 0.5) is 0 Å². The first-order valence-corrected chi connectivity index (χ1v) is 9.62. The van der Waals surface area contributed by atoms with Crippen LogP contribution < -0.4 is 0 Å². The fourth-order valence-corrected chi connectivity index (χ4v) is 4.17. The summed E-state index contributed by atoms with van der Waals surface area (Å²) in [5.74, 6) is 0. The lowest BCUT2D eigenvalue weighted by atomic mass is 9.74. The minimum absolute atomic E-state index is 0.361. The quantitative estimate of drug-likeness (QED) is 0.728. The van der Waals surface area contributed by atoms with Crippen molar-refractivity contribution in [1.29, 1.82) is 0 Å². The lowest BCUT2D eigenvalue weighted by molar-refractivity contribution is 0.138. The zero-order chi connectivity index (χ0) is 17.7. The van der Waals surface area contributed by atoms with E-state index in [9.17, 15) is 0 Å². The van der Waals surface area contributed by atoms with Gasteiger partial charge in [0.1, 0.15) is 5.41 Å². The first-order valence-electron chi connectivity index (χ1n) is 9.21. The molecule has 1 aromatic carbocycles. The summed E-state index contributed by atoms with van der Waals surface area (Å²) in [7, 11) is 0. The van der Waals surface area contributed by atoms with E-state index < -0.39 is 0 Å². The lowest BCUT2D eigenvalue weighted by Crippen LogP contribution is -2.61. The SMILES string of the molecule is CCCCN1CN(CC)C(=S)C(c2ccccc2)(c2ccccn2)C1. The van der Waals surface area contributed by atoms with Crippen LogP contribution in [-0.2, 0) is 5.41 Å². The van der Waals surface area contributed by atoms with Crippen LogP contribution in [0.3, 0.4) is 0 Å². The van der Waals surface area contributed by atoms with Gasteiger partial charge in [-0.05, 0) is 37.6 Å². The number of unbranched alkanes of at least 4 members (excludes halogenated alkanes) is 1. The van der Waals surface area contributed by atoms with Crippen molar-refractivity contribution in [3.05, 3.63) is 66.0 Å². The van der Waals surface area contributed by atoms with Crippen molar-refractivity contribution in [3.8, 4) is 0 Å². The Bertz CT molecular complexity index is 647. The molecule has 0 saturated carbocycles. The van der Waals surface area contributed by atoms with Gasteiger partial charge in [0.2, 0.25) is 0 Å². The smallest absolute Gasteiger partial charge is 0.100 e. The van der Waals surface area contributed by atoms with Crippen LogP contribution in [0, 0.1) is 0 Å². The Morgan fingerprint density at radius 3 is 2.48 bits per heavy atom. The van der Waals surface area contributed by atoms with Gasteiger partial charge in [0.15, 0.2) is 0 Å². The molecule has 2 heterocycles. The molecule has 0 bridgehead atoms. The molecule has 4 heteroatoms. The highest BCUT2D eigenvalue weighted by molar-refractivity contribution is 7.80. The van der Waals surface area contributed by atoms with Crippen LogP contribution in [0.5, 0.6) is 0 Å². The molecule has 1 aliphatic rings. The zero-order valence-electron chi connectivity index (χ0n) is 15.2. The van der Waals surface area contributed by atoms with Gasteiger partial charge >= 0.3 is 0 Å². The molecule has 0 aliphatic carbocycles. The number of hydrogen-bond acceptors (Lipinski definition) is 3. The minimum Gasteiger partial charge on any atom is -0.352 e. The monoisotopic (exact) mass is 353 g/mol. The first kappa shape index (κ1) is 18.0. The Morgan fingerprint density at radius 2 is 1.84 bits per heavy atom. The Morgan fingerprint density at radius 1 is 1.08 bits per heavy atom. The molecule has 0 amide bonds. The van der Waals surface area contributed by atoms with Crippen molar-refractivity contribution < 1.29 is 0 Å². The van der Waals surface area contributed by atoms with Crippen molar-refractivity contribution in [3.63, 3.8) is 0 Å². The normalized spacial score (nSPS) is 21.5. The largest absolute Gasteiger partial charge is 0.352 e. The summed E-state index contributed by atoms with van der Waals surface area (Å²) < 4.78 is 0. The van der Waals surface area contributed by atoms with Gasteiger partial charge in [0.25, 0.3) is 0 Å². The van der Waals surface area contributed by atoms with E-state index in [4.69, 9.17) is 17.2 Å². The number of pyridine rings is 1. The standard InChI is InChI=1S/C21H27N3S/c1-3-5-15-23-16-21(18-11-7-6-8-12-18,19-13-9-10-14-22-19)20(25)24(4-2)17-23/h6-14H,3-5,15-17H2,1-2H3. The van der Waals surface area contributed by atoms with Gasteiger partial charge in [-0.25, -0.2) is 0 Å². The van der Waals surface area contributed by atoms with Gasteiger partial charge in [0, 0.05) is 19.3 Å². The molecule has 3 rings (SSSR count). The van der Waals surface area contributed by atoms with E-state index in [0.29, 0.717) is 0 Å². The summed E-state index contributed by atoms with van der Waals surface area (Å²) in [5, 5.41) is 0. The predicted molar refractivity (Wildman–Crippen MR) is 108 cm³/mol. The number of rotatable bonds is 6. The van der Waals surface area contributed by atoms with E-state index in [2.05, 4.69) is 66.1 Å². The molecule has 2 aromatic rings. The fraction of sp³-hybridized carbons (Fsp3) is 0.429. The van der Waals surface area contributed by atoms with Gasteiger partial charge in [-0.15, -0.1) is 0 Å². The maximum absolute atomic E-state index is 6.05.